The first kappa shape index (κ1) is 46.6. The van der Waals surface area contributed by atoms with Crippen molar-refractivity contribution in [1.82, 2.24) is 4.72 Å². The first-order valence-electron chi connectivity index (χ1n) is 19.3. The number of nitrogens with two attached hydrogens (primary N) is 1. The van der Waals surface area contributed by atoms with Gasteiger partial charge in [-0.1, -0.05) is 97.1 Å². The van der Waals surface area contributed by atoms with E-state index in [2.05, 4.69) is 20.0 Å². The smallest absolute Gasteiger partial charge is 0.269 e. The van der Waals surface area contributed by atoms with E-state index in [1.807, 2.05) is 83.6 Å². The molecule has 65 heavy (non-hydrogen) atoms. The van der Waals surface area contributed by atoms with Crippen molar-refractivity contribution in [3.05, 3.63) is 220 Å². The van der Waals surface area contributed by atoms with Gasteiger partial charge >= 0.3 is 0 Å². The summed E-state index contributed by atoms with van der Waals surface area (Å²) in [5.41, 5.74) is 2.93. The summed E-state index contributed by atoms with van der Waals surface area (Å²) in [7, 11) is -4.41. The summed E-state index contributed by atoms with van der Waals surface area (Å²) in [5, 5.41) is 16.2. The van der Waals surface area contributed by atoms with Crippen molar-refractivity contribution in [2.75, 3.05) is 10.6 Å². The first-order valence-corrected chi connectivity index (χ1v) is 21.6. The highest BCUT2D eigenvalue weighted by Gasteiger charge is 2.24. The number of amides is 3. The Balaban J connectivity index is 0.000000228. The Hall–Kier alpha value is -7.87. The number of ether oxygens (including phenoxy) is 2. The number of para-hydroxylation sites is 2. The van der Waals surface area contributed by atoms with E-state index in [0.29, 0.717) is 40.9 Å². The van der Waals surface area contributed by atoms with Crippen LogP contribution in [0.3, 0.4) is 0 Å². The van der Waals surface area contributed by atoms with Gasteiger partial charge in [0.25, 0.3) is 33.4 Å². The number of nitro groups is 1. The zero-order valence-electron chi connectivity index (χ0n) is 34.1. The minimum Gasteiger partial charge on any atom is -0.489 e. The van der Waals surface area contributed by atoms with Gasteiger partial charge in [0.05, 0.1) is 33.2 Å². The fourth-order valence-corrected chi connectivity index (χ4v) is 7.39. The molecular weight excluding hydrogens is 875 g/mol. The molecular formula is C47H39N5O11S2. The van der Waals surface area contributed by atoms with E-state index < -0.39 is 26.8 Å². The highest BCUT2D eigenvalue weighted by Crippen LogP contribution is 2.29. The number of non-ortho nitro benzene ring substituents is 1. The topological polar surface area (TPSA) is 228 Å². The van der Waals surface area contributed by atoms with Crippen LogP contribution >= 0.6 is 12.0 Å². The Kier molecular flexibility index (Phi) is 16.5. The Morgan fingerprint density at radius 1 is 0.569 bits per heavy atom. The normalized spacial score (nSPS) is 10.7. The van der Waals surface area contributed by atoms with E-state index in [0.717, 1.165) is 47.4 Å². The summed E-state index contributed by atoms with van der Waals surface area (Å²) in [4.78, 5) is 52.6. The molecule has 3 amide bonds. The molecule has 0 aromatic heterocycles. The lowest BCUT2D eigenvalue weighted by Crippen LogP contribution is -2.31. The Labute approximate surface area is 377 Å². The summed E-state index contributed by atoms with van der Waals surface area (Å²) >= 11 is 0.906. The van der Waals surface area contributed by atoms with Crippen LogP contribution in [0.5, 0.6) is 11.5 Å². The van der Waals surface area contributed by atoms with E-state index >= 15 is 0 Å². The molecule has 0 unspecified atom stereocenters. The average molecular weight is 914 g/mol. The van der Waals surface area contributed by atoms with Gasteiger partial charge in [-0.25, -0.2) is 13.1 Å². The number of carbonyl (C=O) groups is 3. The summed E-state index contributed by atoms with van der Waals surface area (Å²) < 4.78 is 44.1. The quantitative estimate of drug-likeness (QED) is 0.0290. The lowest BCUT2D eigenvalue weighted by molar-refractivity contribution is -0.384. The zero-order chi connectivity index (χ0) is 46.0. The number of sulfonamides is 1. The van der Waals surface area contributed by atoms with E-state index in [1.54, 1.807) is 48.5 Å². The van der Waals surface area contributed by atoms with Crippen molar-refractivity contribution in [2.45, 2.75) is 23.0 Å². The van der Waals surface area contributed by atoms with Gasteiger partial charge in [-0.3, -0.25) is 24.5 Å². The third-order valence-electron chi connectivity index (χ3n) is 8.98. The highest BCUT2D eigenvalue weighted by atomic mass is 32.2. The molecule has 0 aliphatic carbocycles. The number of hydrogen-bond acceptors (Lipinski definition) is 13. The van der Waals surface area contributed by atoms with Crippen molar-refractivity contribution >= 4 is 56.8 Å². The number of nitro benzene ring substituents is 1. The van der Waals surface area contributed by atoms with Crippen LogP contribution in [-0.2, 0) is 32.6 Å². The van der Waals surface area contributed by atoms with Gasteiger partial charge in [-0.15, -0.1) is 9.32 Å². The summed E-state index contributed by atoms with van der Waals surface area (Å²) in [6.45, 7) is 0.739. The Bertz CT molecular complexity index is 2850. The van der Waals surface area contributed by atoms with E-state index in [-0.39, 0.29) is 33.3 Å². The average Bonchev–Trinajstić information content (AvgIpc) is 3.33. The Morgan fingerprint density at radius 3 is 1.60 bits per heavy atom. The maximum absolute atomic E-state index is 13.0. The second-order valence-corrected chi connectivity index (χ2v) is 15.9. The van der Waals surface area contributed by atoms with E-state index in [4.69, 9.17) is 15.4 Å². The summed E-state index contributed by atoms with van der Waals surface area (Å²) in [6, 6.07) is 50.0. The number of anilines is 2. The molecule has 16 nitrogen and oxygen atoms in total. The molecule has 0 atom stereocenters. The molecule has 0 spiro atoms. The number of benzene rings is 7. The van der Waals surface area contributed by atoms with Crippen LogP contribution in [0, 0.1) is 10.1 Å². The first-order chi connectivity index (χ1) is 31.5. The van der Waals surface area contributed by atoms with Gasteiger partial charge < -0.3 is 20.1 Å². The lowest BCUT2D eigenvalue weighted by atomic mass is 10.2. The van der Waals surface area contributed by atoms with Crippen LogP contribution in [0.4, 0.5) is 17.1 Å². The minimum absolute atomic E-state index is 0.0443. The second kappa shape index (κ2) is 23.0. The van der Waals surface area contributed by atoms with Crippen LogP contribution < -0.4 is 30.7 Å². The molecule has 5 N–H and O–H groups in total. The molecule has 7 rings (SSSR count). The Morgan fingerprint density at radius 2 is 1.06 bits per heavy atom. The fraction of sp³-hybridized carbons (Fsp3) is 0.0426. The predicted octanol–water partition coefficient (Wildman–Crippen LogP) is 8.89. The minimum atomic E-state index is -4.41. The number of nitrogens with zero attached hydrogens (tertiary/aromatic N) is 1. The van der Waals surface area contributed by atoms with E-state index in [1.165, 1.54) is 30.3 Å². The maximum atomic E-state index is 13.0. The summed E-state index contributed by atoms with van der Waals surface area (Å²) in [5.74, 6) is 4.11. The fourth-order valence-electron chi connectivity index (χ4n) is 5.80. The van der Waals surface area contributed by atoms with Gasteiger partial charge in [0, 0.05) is 28.8 Å². The van der Waals surface area contributed by atoms with Crippen molar-refractivity contribution in [3.63, 3.8) is 0 Å². The molecule has 330 valence electrons. The maximum Gasteiger partial charge on any atom is 0.269 e. The molecule has 0 aliphatic rings. The molecule has 0 saturated carbocycles. The van der Waals surface area contributed by atoms with Crippen LogP contribution in [0.2, 0.25) is 0 Å². The van der Waals surface area contributed by atoms with Gasteiger partial charge in [0.2, 0.25) is 0 Å². The van der Waals surface area contributed by atoms with Crippen molar-refractivity contribution in [3.8, 4) is 11.5 Å². The van der Waals surface area contributed by atoms with Crippen LogP contribution in [0.25, 0.3) is 0 Å². The summed E-state index contributed by atoms with van der Waals surface area (Å²) in [6.07, 6.45) is 0. The number of nitrogens with one attached hydrogen (secondary N) is 3. The third kappa shape index (κ3) is 13.8. The standard InChI is InChI=1S/C27H21N3O7S.C20H18N2O4S/c31-26(21-9-6-10-23(17-21)37-18-19-7-2-1-3-8-19)28-24-11-4-5-12-25(24)38(35,36)29-27(32)20-13-15-22(16-14-20)30(33)34;21-25-26-27-19-12-5-4-11-18(19)22-20(23)16-9-6-10-17(13-16)24-14-15-7-2-1-3-8-15/h1-17H,18H2,(H,28,31)(H,29,32);1-13H,14,21H2,(H,22,23). The molecule has 18 heteroatoms. The zero-order valence-corrected chi connectivity index (χ0v) is 35.7. The molecule has 0 radical (unpaired) electrons. The SMILES string of the molecule is NOOSc1ccccc1NC(=O)c1cccc(OCc2ccccc2)c1.O=C(Nc1ccccc1S(=O)(=O)NC(=O)c1ccc([N+](=O)[O-])cc1)c1cccc(OCc2ccccc2)c1. The molecule has 7 aromatic carbocycles. The van der Waals surface area contributed by atoms with Crippen LogP contribution in [0.1, 0.15) is 42.2 Å². The van der Waals surface area contributed by atoms with Crippen LogP contribution in [0.15, 0.2) is 192 Å². The third-order valence-corrected chi connectivity index (χ3v) is 11.1. The number of hydrogen-bond donors (Lipinski definition) is 4. The van der Waals surface area contributed by atoms with Crippen molar-refractivity contribution < 1.29 is 46.5 Å². The second-order valence-electron chi connectivity index (χ2n) is 13.5. The molecule has 0 heterocycles. The molecule has 0 fully saturated rings. The van der Waals surface area contributed by atoms with Crippen molar-refractivity contribution in [2.24, 2.45) is 5.90 Å². The molecule has 0 bridgehead atoms. The van der Waals surface area contributed by atoms with Gasteiger partial charge in [0.15, 0.2) is 0 Å². The monoisotopic (exact) mass is 913 g/mol. The van der Waals surface area contributed by atoms with Gasteiger partial charge in [-0.05, 0) is 83.9 Å². The lowest BCUT2D eigenvalue weighted by Gasteiger charge is -2.13. The number of carbonyl (C=O) groups excluding carboxylic acids is 3. The molecule has 7 aromatic rings. The largest absolute Gasteiger partial charge is 0.489 e. The molecule has 0 aliphatic heterocycles. The van der Waals surface area contributed by atoms with Crippen molar-refractivity contribution in [1.29, 1.82) is 0 Å². The van der Waals surface area contributed by atoms with E-state index in [9.17, 15) is 32.9 Å². The molecule has 0 saturated heterocycles. The van der Waals surface area contributed by atoms with Gasteiger partial charge in [0.1, 0.15) is 29.6 Å². The highest BCUT2D eigenvalue weighted by molar-refractivity contribution is 7.94. The van der Waals surface area contributed by atoms with Gasteiger partial charge in [-0.2, -0.15) is 5.90 Å². The van der Waals surface area contributed by atoms with Crippen LogP contribution in [-0.4, -0.2) is 31.1 Å². The number of rotatable bonds is 17. The predicted molar refractivity (Wildman–Crippen MR) is 243 cm³/mol.